The van der Waals surface area contributed by atoms with Gasteiger partial charge in [-0.25, -0.2) is 0 Å². The van der Waals surface area contributed by atoms with Crippen molar-refractivity contribution in [1.82, 2.24) is 4.90 Å². The summed E-state index contributed by atoms with van der Waals surface area (Å²) in [5, 5.41) is 0.748. The lowest BCUT2D eigenvalue weighted by atomic mass is 9.95. The van der Waals surface area contributed by atoms with Crippen molar-refractivity contribution in [2.24, 2.45) is 16.5 Å². The Hall–Kier alpha value is -1.26. The Bertz CT molecular complexity index is 408. The summed E-state index contributed by atoms with van der Waals surface area (Å²) in [4.78, 5) is 6.58. The molecule has 5 heteroatoms. The second kappa shape index (κ2) is 8.82. The van der Waals surface area contributed by atoms with Crippen molar-refractivity contribution >= 4 is 17.6 Å². The number of nitrogens with two attached hydrogens (primary N) is 2. The van der Waals surface area contributed by atoms with Crippen LogP contribution in [0.5, 0.6) is 0 Å². The SMILES string of the molecule is CCN(CC)CC[C@H](CN=C(N)N)c1ccc(Cl)cc1. The molecule has 4 N–H and O–H groups in total. The molecule has 0 saturated heterocycles. The van der Waals surface area contributed by atoms with Crippen LogP contribution in [0, 0.1) is 0 Å². The van der Waals surface area contributed by atoms with Crippen LogP contribution in [-0.4, -0.2) is 37.0 Å². The molecule has 0 fully saturated rings. The van der Waals surface area contributed by atoms with Crippen molar-refractivity contribution in [3.8, 4) is 0 Å². The summed E-state index contributed by atoms with van der Waals surface area (Å²) < 4.78 is 0. The van der Waals surface area contributed by atoms with Crippen LogP contribution >= 0.6 is 11.6 Å². The molecule has 0 unspecified atom stereocenters. The van der Waals surface area contributed by atoms with Gasteiger partial charge in [0.1, 0.15) is 0 Å². The average molecular weight is 297 g/mol. The normalized spacial score (nSPS) is 12.4. The van der Waals surface area contributed by atoms with Gasteiger partial charge in [0.05, 0.1) is 0 Å². The molecule has 0 aliphatic rings. The molecule has 1 atom stereocenters. The molecule has 112 valence electrons. The van der Waals surface area contributed by atoms with Crippen LogP contribution in [0.15, 0.2) is 29.3 Å². The zero-order valence-electron chi connectivity index (χ0n) is 12.3. The van der Waals surface area contributed by atoms with E-state index in [2.05, 4.69) is 35.9 Å². The van der Waals surface area contributed by atoms with Crippen LogP contribution in [0.1, 0.15) is 31.7 Å². The van der Waals surface area contributed by atoms with E-state index < -0.39 is 0 Å². The van der Waals surface area contributed by atoms with Gasteiger partial charge in [0, 0.05) is 17.5 Å². The van der Waals surface area contributed by atoms with Crippen molar-refractivity contribution in [2.75, 3.05) is 26.2 Å². The van der Waals surface area contributed by atoms with E-state index in [0.29, 0.717) is 12.5 Å². The summed E-state index contributed by atoms with van der Waals surface area (Å²) in [5.74, 6) is 0.460. The van der Waals surface area contributed by atoms with Crippen LogP contribution in [0.3, 0.4) is 0 Å². The topological polar surface area (TPSA) is 67.6 Å². The quantitative estimate of drug-likeness (QED) is 0.572. The van der Waals surface area contributed by atoms with Gasteiger partial charge in [-0.3, -0.25) is 4.99 Å². The average Bonchev–Trinajstić information content (AvgIpc) is 2.44. The third-order valence-corrected chi connectivity index (χ3v) is 3.78. The summed E-state index contributed by atoms with van der Waals surface area (Å²) in [5.41, 5.74) is 12.1. The predicted molar refractivity (Wildman–Crippen MR) is 87.3 cm³/mol. The molecular formula is C15H25ClN4. The Kier molecular flexibility index (Phi) is 7.41. The smallest absolute Gasteiger partial charge is 0.185 e. The number of rotatable bonds is 8. The zero-order valence-corrected chi connectivity index (χ0v) is 13.1. The maximum absolute atomic E-state index is 5.94. The minimum atomic E-state index is 0.145. The Morgan fingerprint density at radius 2 is 1.80 bits per heavy atom. The number of hydrogen-bond acceptors (Lipinski definition) is 2. The van der Waals surface area contributed by atoms with Crippen LogP contribution < -0.4 is 11.5 Å². The van der Waals surface area contributed by atoms with E-state index in [0.717, 1.165) is 31.1 Å². The van der Waals surface area contributed by atoms with E-state index in [4.69, 9.17) is 23.1 Å². The largest absolute Gasteiger partial charge is 0.370 e. The third-order valence-electron chi connectivity index (χ3n) is 3.52. The highest BCUT2D eigenvalue weighted by Gasteiger charge is 2.13. The fraction of sp³-hybridized carbons (Fsp3) is 0.533. The van der Waals surface area contributed by atoms with Gasteiger partial charge in [-0.1, -0.05) is 37.6 Å². The maximum Gasteiger partial charge on any atom is 0.185 e. The number of aliphatic imine (C=N–C) groups is 1. The first-order valence-electron chi connectivity index (χ1n) is 7.10. The number of nitrogens with zero attached hydrogens (tertiary/aromatic N) is 2. The lowest BCUT2D eigenvalue weighted by molar-refractivity contribution is 0.291. The monoisotopic (exact) mass is 296 g/mol. The lowest BCUT2D eigenvalue weighted by Crippen LogP contribution is -2.27. The first-order valence-corrected chi connectivity index (χ1v) is 7.47. The second-order valence-corrected chi connectivity index (χ2v) is 5.27. The zero-order chi connectivity index (χ0) is 15.0. The molecule has 4 nitrogen and oxygen atoms in total. The molecule has 0 aromatic heterocycles. The van der Waals surface area contributed by atoms with E-state index in [-0.39, 0.29) is 5.96 Å². The van der Waals surface area contributed by atoms with Crippen molar-refractivity contribution < 1.29 is 0 Å². The third kappa shape index (κ3) is 5.80. The van der Waals surface area contributed by atoms with E-state index >= 15 is 0 Å². The van der Waals surface area contributed by atoms with E-state index in [1.165, 1.54) is 5.56 Å². The van der Waals surface area contributed by atoms with Crippen LogP contribution in [0.4, 0.5) is 0 Å². The molecule has 20 heavy (non-hydrogen) atoms. The van der Waals surface area contributed by atoms with Gasteiger partial charge in [0.2, 0.25) is 0 Å². The maximum atomic E-state index is 5.94. The first-order chi connectivity index (χ1) is 9.56. The lowest BCUT2D eigenvalue weighted by Gasteiger charge is -2.22. The van der Waals surface area contributed by atoms with Gasteiger partial charge in [0.15, 0.2) is 5.96 Å². The Morgan fingerprint density at radius 3 is 2.30 bits per heavy atom. The number of hydrogen-bond donors (Lipinski definition) is 2. The Morgan fingerprint density at radius 1 is 1.20 bits per heavy atom. The van der Waals surface area contributed by atoms with Gasteiger partial charge < -0.3 is 16.4 Å². The molecule has 0 heterocycles. The minimum absolute atomic E-state index is 0.145. The van der Waals surface area contributed by atoms with Gasteiger partial charge in [0.25, 0.3) is 0 Å². The molecule has 1 aromatic carbocycles. The Balaban J connectivity index is 2.74. The molecule has 0 saturated carbocycles. The van der Waals surface area contributed by atoms with Crippen molar-refractivity contribution in [3.05, 3.63) is 34.9 Å². The van der Waals surface area contributed by atoms with Crippen LogP contribution in [0.2, 0.25) is 5.02 Å². The summed E-state index contributed by atoms with van der Waals surface area (Å²) in [6, 6.07) is 7.93. The summed E-state index contributed by atoms with van der Waals surface area (Å²) in [6.45, 7) is 8.14. The highest BCUT2D eigenvalue weighted by molar-refractivity contribution is 6.30. The first kappa shape index (κ1) is 16.8. The molecule has 0 amide bonds. The highest BCUT2D eigenvalue weighted by Crippen LogP contribution is 2.22. The Labute approximate surface area is 126 Å². The summed E-state index contributed by atoms with van der Waals surface area (Å²) >= 11 is 5.94. The van der Waals surface area contributed by atoms with Crippen molar-refractivity contribution in [2.45, 2.75) is 26.2 Å². The number of benzene rings is 1. The molecule has 0 radical (unpaired) electrons. The summed E-state index contributed by atoms with van der Waals surface area (Å²) in [7, 11) is 0. The van der Waals surface area contributed by atoms with E-state index in [1.54, 1.807) is 0 Å². The number of halogens is 1. The molecule has 1 rings (SSSR count). The molecular weight excluding hydrogens is 272 g/mol. The van der Waals surface area contributed by atoms with Gasteiger partial charge in [-0.05, 0) is 43.8 Å². The van der Waals surface area contributed by atoms with Gasteiger partial charge >= 0.3 is 0 Å². The van der Waals surface area contributed by atoms with Crippen molar-refractivity contribution in [1.29, 1.82) is 0 Å². The van der Waals surface area contributed by atoms with E-state index in [9.17, 15) is 0 Å². The highest BCUT2D eigenvalue weighted by atomic mass is 35.5. The fourth-order valence-electron chi connectivity index (χ4n) is 2.19. The van der Waals surface area contributed by atoms with Crippen LogP contribution in [-0.2, 0) is 0 Å². The fourth-order valence-corrected chi connectivity index (χ4v) is 2.32. The summed E-state index contributed by atoms with van der Waals surface area (Å²) in [6.07, 6.45) is 1.03. The van der Waals surface area contributed by atoms with Gasteiger partial charge in [-0.2, -0.15) is 0 Å². The molecule has 0 aliphatic carbocycles. The van der Waals surface area contributed by atoms with E-state index in [1.807, 2.05) is 12.1 Å². The molecule has 0 spiro atoms. The standard InChI is InChI=1S/C15H25ClN4/c1-3-20(4-2)10-9-13(11-19-15(17)18)12-5-7-14(16)8-6-12/h5-8,13H,3-4,9-11H2,1-2H3,(H4,17,18,19)/t13-/m1/s1. The molecule has 0 bridgehead atoms. The number of guanidine groups is 1. The molecule has 1 aromatic rings. The molecule has 0 aliphatic heterocycles. The predicted octanol–water partition coefficient (Wildman–Crippen LogP) is 2.43. The van der Waals surface area contributed by atoms with Gasteiger partial charge in [-0.15, -0.1) is 0 Å². The van der Waals surface area contributed by atoms with Crippen LogP contribution in [0.25, 0.3) is 0 Å². The van der Waals surface area contributed by atoms with Crippen molar-refractivity contribution in [3.63, 3.8) is 0 Å². The second-order valence-electron chi connectivity index (χ2n) is 4.83. The minimum Gasteiger partial charge on any atom is -0.370 e.